The fraction of sp³-hybridized carbons (Fsp3) is 0.182. The lowest BCUT2D eigenvalue weighted by Crippen LogP contribution is -2.12. The molecule has 1 aromatic carbocycles. The zero-order valence-corrected chi connectivity index (χ0v) is 9.18. The van der Waals surface area contributed by atoms with Gasteiger partial charge in [0.15, 0.2) is 11.6 Å². The molecule has 0 spiro atoms. The van der Waals surface area contributed by atoms with E-state index in [4.69, 9.17) is 5.73 Å². The smallest absolute Gasteiger partial charge is 0.159 e. The number of benzene rings is 1. The third-order valence-corrected chi connectivity index (χ3v) is 3.16. The lowest BCUT2D eigenvalue weighted by molar-refractivity contribution is 0.506. The number of nitrogens with two attached hydrogens (primary N) is 1. The first-order valence-corrected chi connectivity index (χ1v) is 5.62. The van der Waals surface area contributed by atoms with E-state index in [9.17, 15) is 8.78 Å². The molecule has 0 aliphatic carbocycles. The molecular formula is C11H10F2N2S. The van der Waals surface area contributed by atoms with E-state index in [1.165, 1.54) is 17.4 Å². The fourth-order valence-corrected chi connectivity index (χ4v) is 2.05. The van der Waals surface area contributed by atoms with Crippen molar-refractivity contribution < 1.29 is 8.78 Å². The van der Waals surface area contributed by atoms with E-state index in [0.29, 0.717) is 12.0 Å². The SMILES string of the molecule is NC(Cc1ccc(F)c(F)c1)c1cncs1. The summed E-state index contributed by atoms with van der Waals surface area (Å²) >= 11 is 1.45. The Hall–Kier alpha value is -1.33. The van der Waals surface area contributed by atoms with Crippen LogP contribution in [0.4, 0.5) is 8.78 Å². The highest BCUT2D eigenvalue weighted by molar-refractivity contribution is 7.09. The predicted octanol–water partition coefficient (Wildman–Crippen LogP) is 2.66. The average Bonchev–Trinajstić information content (AvgIpc) is 2.77. The molecule has 0 aliphatic rings. The van der Waals surface area contributed by atoms with Gasteiger partial charge in [0, 0.05) is 17.1 Å². The Morgan fingerprint density at radius 1 is 1.31 bits per heavy atom. The molecule has 2 aromatic rings. The molecule has 0 saturated carbocycles. The third kappa shape index (κ3) is 2.43. The summed E-state index contributed by atoms with van der Waals surface area (Å²) in [5.74, 6) is -1.68. The molecule has 0 amide bonds. The molecule has 0 aliphatic heterocycles. The Balaban J connectivity index is 2.12. The lowest BCUT2D eigenvalue weighted by Gasteiger charge is -2.09. The van der Waals surface area contributed by atoms with E-state index in [-0.39, 0.29) is 6.04 Å². The van der Waals surface area contributed by atoms with Crippen LogP contribution in [0.25, 0.3) is 0 Å². The average molecular weight is 240 g/mol. The van der Waals surface area contributed by atoms with Crippen LogP contribution < -0.4 is 5.73 Å². The van der Waals surface area contributed by atoms with Gasteiger partial charge in [0.1, 0.15) is 0 Å². The molecule has 0 radical (unpaired) electrons. The quantitative estimate of drug-likeness (QED) is 0.895. The Bertz CT molecular complexity index is 471. The van der Waals surface area contributed by atoms with Gasteiger partial charge in [-0.25, -0.2) is 8.78 Å². The highest BCUT2D eigenvalue weighted by Crippen LogP contribution is 2.20. The van der Waals surface area contributed by atoms with Crippen molar-refractivity contribution in [2.75, 3.05) is 0 Å². The molecule has 1 heterocycles. The van der Waals surface area contributed by atoms with Gasteiger partial charge in [-0.3, -0.25) is 4.98 Å². The van der Waals surface area contributed by atoms with Crippen molar-refractivity contribution in [1.29, 1.82) is 0 Å². The van der Waals surface area contributed by atoms with Gasteiger partial charge in [0.05, 0.1) is 5.51 Å². The molecule has 1 aromatic heterocycles. The van der Waals surface area contributed by atoms with Crippen molar-refractivity contribution in [2.45, 2.75) is 12.5 Å². The Labute approximate surface area is 95.7 Å². The first kappa shape index (κ1) is 11.2. The van der Waals surface area contributed by atoms with Crippen LogP contribution in [0.2, 0.25) is 0 Å². The van der Waals surface area contributed by atoms with E-state index < -0.39 is 11.6 Å². The molecule has 84 valence electrons. The van der Waals surface area contributed by atoms with Gasteiger partial charge in [-0.15, -0.1) is 11.3 Å². The van der Waals surface area contributed by atoms with Crippen molar-refractivity contribution in [3.05, 3.63) is 52.0 Å². The molecule has 1 atom stereocenters. The van der Waals surface area contributed by atoms with Gasteiger partial charge in [-0.1, -0.05) is 6.07 Å². The zero-order chi connectivity index (χ0) is 11.5. The fourth-order valence-electron chi connectivity index (χ4n) is 1.43. The molecule has 0 fully saturated rings. The van der Waals surface area contributed by atoms with Crippen molar-refractivity contribution in [3.63, 3.8) is 0 Å². The monoisotopic (exact) mass is 240 g/mol. The summed E-state index contributed by atoms with van der Waals surface area (Å²) < 4.78 is 25.6. The van der Waals surface area contributed by atoms with Crippen LogP contribution in [0.3, 0.4) is 0 Å². The number of aromatic nitrogens is 1. The number of hydrogen-bond donors (Lipinski definition) is 1. The summed E-state index contributed by atoms with van der Waals surface area (Å²) in [7, 11) is 0. The van der Waals surface area contributed by atoms with E-state index in [0.717, 1.165) is 10.9 Å². The van der Waals surface area contributed by atoms with E-state index in [1.807, 2.05) is 0 Å². The molecule has 2 N–H and O–H groups in total. The van der Waals surface area contributed by atoms with Crippen molar-refractivity contribution in [1.82, 2.24) is 4.98 Å². The van der Waals surface area contributed by atoms with Crippen molar-refractivity contribution >= 4 is 11.3 Å². The molecule has 5 heteroatoms. The minimum atomic E-state index is -0.839. The predicted molar refractivity (Wildman–Crippen MR) is 59.1 cm³/mol. The highest BCUT2D eigenvalue weighted by Gasteiger charge is 2.10. The van der Waals surface area contributed by atoms with Crippen molar-refractivity contribution in [3.8, 4) is 0 Å². The number of thiazole rings is 1. The molecule has 1 unspecified atom stereocenters. The summed E-state index contributed by atoms with van der Waals surface area (Å²) in [5.41, 5.74) is 8.29. The second-order valence-electron chi connectivity index (χ2n) is 3.46. The lowest BCUT2D eigenvalue weighted by atomic mass is 10.1. The summed E-state index contributed by atoms with van der Waals surface area (Å²) in [6, 6.07) is 3.61. The first-order chi connectivity index (χ1) is 7.66. The summed E-state index contributed by atoms with van der Waals surface area (Å²) in [6.45, 7) is 0. The molecule has 2 nitrogen and oxygen atoms in total. The van der Waals surface area contributed by atoms with Gasteiger partial charge in [-0.2, -0.15) is 0 Å². The third-order valence-electron chi connectivity index (χ3n) is 2.26. The molecular weight excluding hydrogens is 230 g/mol. The molecule has 16 heavy (non-hydrogen) atoms. The maximum Gasteiger partial charge on any atom is 0.159 e. The highest BCUT2D eigenvalue weighted by atomic mass is 32.1. The maximum atomic E-state index is 12.9. The van der Waals surface area contributed by atoms with Gasteiger partial charge >= 0.3 is 0 Å². The Morgan fingerprint density at radius 3 is 2.75 bits per heavy atom. The number of nitrogens with zero attached hydrogens (tertiary/aromatic N) is 1. The van der Waals surface area contributed by atoms with Crippen LogP contribution in [0, 0.1) is 11.6 Å². The standard InChI is InChI=1S/C11H10F2N2S/c12-8-2-1-7(3-9(8)13)4-10(14)11-5-15-6-16-11/h1-3,5-6,10H,4,14H2. The Kier molecular flexibility index (Phi) is 3.26. The summed E-state index contributed by atoms with van der Waals surface area (Å²) in [4.78, 5) is 4.86. The largest absolute Gasteiger partial charge is 0.323 e. The van der Waals surface area contributed by atoms with Crippen LogP contribution in [0.15, 0.2) is 29.9 Å². The van der Waals surface area contributed by atoms with Gasteiger partial charge < -0.3 is 5.73 Å². The number of hydrogen-bond acceptors (Lipinski definition) is 3. The van der Waals surface area contributed by atoms with Gasteiger partial charge in [0.25, 0.3) is 0 Å². The summed E-state index contributed by atoms with van der Waals surface area (Å²) in [5, 5.41) is 0. The number of rotatable bonds is 3. The van der Waals surface area contributed by atoms with Crippen LogP contribution in [0.5, 0.6) is 0 Å². The normalized spacial score (nSPS) is 12.7. The van der Waals surface area contributed by atoms with E-state index in [2.05, 4.69) is 4.98 Å². The van der Waals surface area contributed by atoms with E-state index >= 15 is 0 Å². The van der Waals surface area contributed by atoms with Crippen LogP contribution in [0.1, 0.15) is 16.5 Å². The van der Waals surface area contributed by atoms with Gasteiger partial charge in [0.2, 0.25) is 0 Å². The second-order valence-corrected chi connectivity index (χ2v) is 4.38. The molecule has 0 bridgehead atoms. The van der Waals surface area contributed by atoms with Crippen molar-refractivity contribution in [2.24, 2.45) is 5.73 Å². The zero-order valence-electron chi connectivity index (χ0n) is 8.36. The number of halogens is 2. The van der Waals surface area contributed by atoms with Crippen LogP contribution in [-0.4, -0.2) is 4.98 Å². The second kappa shape index (κ2) is 4.67. The summed E-state index contributed by atoms with van der Waals surface area (Å²) in [6.07, 6.45) is 2.16. The first-order valence-electron chi connectivity index (χ1n) is 4.74. The van der Waals surface area contributed by atoms with Gasteiger partial charge in [-0.05, 0) is 24.1 Å². The maximum absolute atomic E-state index is 12.9. The minimum absolute atomic E-state index is 0.225. The molecule has 2 rings (SSSR count). The van der Waals surface area contributed by atoms with Crippen LogP contribution in [-0.2, 0) is 6.42 Å². The topological polar surface area (TPSA) is 38.9 Å². The minimum Gasteiger partial charge on any atom is -0.323 e. The van der Waals surface area contributed by atoms with Crippen LogP contribution >= 0.6 is 11.3 Å². The Morgan fingerprint density at radius 2 is 2.12 bits per heavy atom. The molecule has 0 saturated heterocycles. The van der Waals surface area contributed by atoms with E-state index in [1.54, 1.807) is 17.8 Å².